The van der Waals surface area contributed by atoms with E-state index in [0.29, 0.717) is 37.6 Å². The SMILES string of the molecule is CC.Cc1ccc2c(N3CCN(C(=O)C(O)C(C)C)CC3)nc(-c3ccccc3O)nc2c1. The van der Waals surface area contributed by atoms with Crippen molar-refractivity contribution >= 4 is 22.6 Å². The molecule has 4 rings (SSSR count). The predicted octanol–water partition coefficient (Wildman–Crippen LogP) is 4.00. The number of amides is 1. The zero-order valence-electron chi connectivity index (χ0n) is 20.1. The minimum atomic E-state index is -0.970. The van der Waals surface area contributed by atoms with E-state index in [1.165, 1.54) is 0 Å². The smallest absolute Gasteiger partial charge is 0.251 e. The van der Waals surface area contributed by atoms with Crippen LogP contribution in [0.3, 0.4) is 0 Å². The minimum Gasteiger partial charge on any atom is -0.507 e. The van der Waals surface area contributed by atoms with Gasteiger partial charge in [0.2, 0.25) is 0 Å². The molecule has 1 fully saturated rings. The largest absolute Gasteiger partial charge is 0.507 e. The van der Waals surface area contributed by atoms with E-state index in [-0.39, 0.29) is 17.6 Å². The molecule has 3 aromatic rings. The molecule has 176 valence electrons. The highest BCUT2D eigenvalue weighted by atomic mass is 16.3. The normalized spacial score (nSPS) is 14.8. The van der Waals surface area contributed by atoms with Crippen LogP contribution in [0.5, 0.6) is 5.75 Å². The molecule has 1 aliphatic heterocycles. The number of benzene rings is 2. The Morgan fingerprint density at radius 1 is 1.00 bits per heavy atom. The van der Waals surface area contributed by atoms with Gasteiger partial charge in [-0.15, -0.1) is 0 Å². The number of nitrogens with zero attached hydrogens (tertiary/aromatic N) is 4. The number of phenolic OH excluding ortho intramolecular Hbond substituents is 1. The number of aliphatic hydroxyl groups excluding tert-OH is 1. The van der Waals surface area contributed by atoms with Crippen molar-refractivity contribution in [3.8, 4) is 17.1 Å². The average molecular weight is 451 g/mol. The van der Waals surface area contributed by atoms with Crippen molar-refractivity contribution in [3.05, 3.63) is 48.0 Å². The molecule has 1 saturated heterocycles. The first-order valence-electron chi connectivity index (χ1n) is 11.6. The fourth-order valence-electron chi connectivity index (χ4n) is 3.86. The summed E-state index contributed by atoms with van der Waals surface area (Å²) < 4.78 is 0. The van der Waals surface area contributed by atoms with Gasteiger partial charge in [0.15, 0.2) is 5.82 Å². The minimum absolute atomic E-state index is 0.110. The average Bonchev–Trinajstić information content (AvgIpc) is 2.83. The molecule has 2 heterocycles. The number of rotatable bonds is 4. The second-order valence-electron chi connectivity index (χ2n) is 8.41. The quantitative estimate of drug-likeness (QED) is 0.624. The Balaban J connectivity index is 0.00000149. The number of carbonyl (C=O) groups is 1. The third-order valence-corrected chi connectivity index (χ3v) is 5.75. The fraction of sp³-hybridized carbons (Fsp3) is 0.423. The summed E-state index contributed by atoms with van der Waals surface area (Å²) in [6.45, 7) is 12.0. The Morgan fingerprint density at radius 3 is 2.30 bits per heavy atom. The maximum atomic E-state index is 12.5. The van der Waals surface area contributed by atoms with E-state index in [1.807, 2.05) is 58.9 Å². The number of aromatic hydroxyl groups is 1. The summed E-state index contributed by atoms with van der Waals surface area (Å²) in [5.74, 6) is 1.08. The van der Waals surface area contributed by atoms with Crippen LogP contribution in [-0.4, -0.2) is 63.3 Å². The van der Waals surface area contributed by atoms with Crippen molar-refractivity contribution < 1.29 is 15.0 Å². The van der Waals surface area contributed by atoms with Crippen molar-refractivity contribution in [1.29, 1.82) is 0 Å². The summed E-state index contributed by atoms with van der Waals surface area (Å²) in [6, 6.07) is 13.1. The highest BCUT2D eigenvalue weighted by molar-refractivity contribution is 5.92. The molecule has 1 amide bonds. The topological polar surface area (TPSA) is 89.8 Å². The Kier molecular flexibility index (Phi) is 7.87. The molecule has 7 heteroatoms. The number of fused-ring (bicyclic) bond motifs is 1. The van der Waals surface area contributed by atoms with Gasteiger partial charge in [-0.3, -0.25) is 4.79 Å². The molecule has 2 N–H and O–H groups in total. The van der Waals surface area contributed by atoms with Gasteiger partial charge in [-0.25, -0.2) is 9.97 Å². The Morgan fingerprint density at radius 2 is 1.67 bits per heavy atom. The summed E-state index contributed by atoms with van der Waals surface area (Å²) in [5, 5.41) is 21.4. The fourth-order valence-corrected chi connectivity index (χ4v) is 3.86. The molecule has 0 bridgehead atoms. The molecule has 1 aliphatic rings. The Hall–Kier alpha value is -3.19. The van der Waals surface area contributed by atoms with Crippen molar-refractivity contribution in [2.24, 2.45) is 5.92 Å². The van der Waals surface area contributed by atoms with Crippen LogP contribution < -0.4 is 4.90 Å². The summed E-state index contributed by atoms with van der Waals surface area (Å²) in [4.78, 5) is 25.9. The highest BCUT2D eigenvalue weighted by Crippen LogP contribution is 2.32. The van der Waals surface area contributed by atoms with Crippen LogP contribution in [0.1, 0.15) is 33.3 Å². The summed E-state index contributed by atoms with van der Waals surface area (Å²) in [6.07, 6.45) is -0.970. The van der Waals surface area contributed by atoms with Gasteiger partial charge in [0.25, 0.3) is 5.91 Å². The van der Waals surface area contributed by atoms with Crippen LogP contribution >= 0.6 is 0 Å². The van der Waals surface area contributed by atoms with Crippen molar-refractivity contribution in [2.45, 2.75) is 40.7 Å². The molecule has 1 unspecified atom stereocenters. The van der Waals surface area contributed by atoms with Crippen LogP contribution in [0.25, 0.3) is 22.3 Å². The zero-order chi connectivity index (χ0) is 24.1. The lowest BCUT2D eigenvalue weighted by Gasteiger charge is -2.37. The van der Waals surface area contributed by atoms with Crippen molar-refractivity contribution in [1.82, 2.24) is 14.9 Å². The molecule has 0 spiro atoms. The third kappa shape index (κ3) is 5.25. The zero-order valence-corrected chi connectivity index (χ0v) is 20.1. The second kappa shape index (κ2) is 10.6. The van der Waals surface area contributed by atoms with E-state index in [2.05, 4.69) is 4.90 Å². The molecule has 0 saturated carbocycles. The monoisotopic (exact) mass is 450 g/mol. The maximum Gasteiger partial charge on any atom is 0.251 e. The van der Waals surface area contributed by atoms with Crippen LogP contribution in [0, 0.1) is 12.8 Å². The predicted molar refractivity (Wildman–Crippen MR) is 132 cm³/mol. The number of phenols is 1. The molecular weight excluding hydrogens is 416 g/mol. The van der Waals surface area contributed by atoms with Crippen LogP contribution in [0.15, 0.2) is 42.5 Å². The number of hydrogen-bond acceptors (Lipinski definition) is 6. The molecule has 33 heavy (non-hydrogen) atoms. The van der Waals surface area contributed by atoms with Gasteiger partial charge in [0.05, 0.1) is 11.1 Å². The lowest BCUT2D eigenvalue weighted by Crippen LogP contribution is -2.52. The first kappa shape index (κ1) is 24.5. The van der Waals surface area contributed by atoms with Gasteiger partial charge in [0, 0.05) is 31.6 Å². The summed E-state index contributed by atoms with van der Waals surface area (Å²) in [5.41, 5.74) is 2.50. The number of anilines is 1. The van der Waals surface area contributed by atoms with E-state index in [4.69, 9.17) is 9.97 Å². The first-order chi connectivity index (χ1) is 15.8. The number of hydrogen-bond donors (Lipinski definition) is 2. The van der Waals surface area contributed by atoms with E-state index < -0.39 is 6.10 Å². The van der Waals surface area contributed by atoms with Gasteiger partial charge in [-0.05, 0) is 42.7 Å². The number of para-hydroxylation sites is 1. The van der Waals surface area contributed by atoms with Crippen LogP contribution in [0.2, 0.25) is 0 Å². The lowest BCUT2D eigenvalue weighted by atomic mass is 10.1. The van der Waals surface area contributed by atoms with Crippen molar-refractivity contribution in [3.63, 3.8) is 0 Å². The molecule has 1 aromatic heterocycles. The number of carbonyl (C=O) groups excluding carboxylic acids is 1. The van der Waals surface area contributed by atoms with Gasteiger partial charge in [0.1, 0.15) is 17.7 Å². The van der Waals surface area contributed by atoms with Gasteiger partial charge >= 0.3 is 0 Å². The Bertz CT molecular complexity index is 1110. The Labute approximate surface area is 195 Å². The number of piperazine rings is 1. The highest BCUT2D eigenvalue weighted by Gasteiger charge is 2.29. The standard InChI is InChI=1S/C24H28N4O3.C2H6/c1-15(2)21(30)24(31)28-12-10-27(11-13-28)23-17-9-8-16(3)14-19(17)25-22(26-23)18-6-4-5-7-20(18)29;1-2/h4-9,14-15,21,29-30H,10-13H2,1-3H3;1-2H3. The summed E-state index contributed by atoms with van der Waals surface area (Å²) in [7, 11) is 0. The van der Waals surface area contributed by atoms with Gasteiger partial charge in [-0.1, -0.05) is 45.9 Å². The second-order valence-corrected chi connectivity index (χ2v) is 8.41. The van der Waals surface area contributed by atoms with Gasteiger partial charge in [-0.2, -0.15) is 0 Å². The molecule has 2 aromatic carbocycles. The van der Waals surface area contributed by atoms with E-state index in [1.54, 1.807) is 23.1 Å². The number of aromatic nitrogens is 2. The van der Waals surface area contributed by atoms with E-state index in [9.17, 15) is 15.0 Å². The van der Waals surface area contributed by atoms with E-state index in [0.717, 1.165) is 22.3 Å². The molecular formula is C26H34N4O3. The number of aliphatic hydroxyl groups is 1. The van der Waals surface area contributed by atoms with Crippen molar-refractivity contribution in [2.75, 3.05) is 31.1 Å². The van der Waals surface area contributed by atoms with Crippen LogP contribution in [-0.2, 0) is 4.79 Å². The molecule has 7 nitrogen and oxygen atoms in total. The molecule has 0 radical (unpaired) electrons. The van der Waals surface area contributed by atoms with Crippen LogP contribution in [0.4, 0.5) is 5.82 Å². The molecule has 0 aliphatic carbocycles. The molecule has 1 atom stereocenters. The number of aryl methyl sites for hydroxylation is 1. The summed E-state index contributed by atoms with van der Waals surface area (Å²) >= 11 is 0. The lowest BCUT2D eigenvalue weighted by molar-refractivity contribution is -0.142. The first-order valence-corrected chi connectivity index (χ1v) is 11.6. The van der Waals surface area contributed by atoms with E-state index >= 15 is 0 Å². The third-order valence-electron chi connectivity index (χ3n) is 5.75. The maximum absolute atomic E-state index is 12.5. The van der Waals surface area contributed by atoms with Gasteiger partial charge < -0.3 is 20.0 Å².